The van der Waals surface area contributed by atoms with Crippen molar-refractivity contribution in [2.45, 2.75) is 33.3 Å². The van der Waals surface area contributed by atoms with Gasteiger partial charge in [-0.15, -0.1) is 0 Å². The van der Waals surface area contributed by atoms with Gasteiger partial charge in [-0.25, -0.2) is 0 Å². The molecule has 1 N–H and O–H groups in total. The summed E-state index contributed by atoms with van der Waals surface area (Å²) in [5.74, 6) is -0.0883. The Kier molecular flexibility index (Phi) is 4.42. The molecule has 0 aliphatic heterocycles. The zero-order valence-corrected chi connectivity index (χ0v) is 13.9. The van der Waals surface area contributed by atoms with Gasteiger partial charge in [0.05, 0.1) is 5.60 Å². The molecule has 0 atom stereocenters. The largest absolute Gasteiger partial charge is 0.389 e. The van der Waals surface area contributed by atoms with Crippen LogP contribution in [0.1, 0.15) is 35.6 Å². The highest BCUT2D eigenvalue weighted by atomic mass is 16.3. The quantitative estimate of drug-likeness (QED) is 0.943. The van der Waals surface area contributed by atoms with E-state index in [4.69, 9.17) is 0 Å². The van der Waals surface area contributed by atoms with Crippen molar-refractivity contribution in [2.24, 2.45) is 0 Å². The van der Waals surface area contributed by atoms with Crippen molar-refractivity contribution in [3.63, 3.8) is 0 Å². The molecule has 0 bridgehead atoms. The second kappa shape index (κ2) is 5.97. The molecular formula is C18H24N2O2. The van der Waals surface area contributed by atoms with Gasteiger partial charge in [-0.3, -0.25) is 4.79 Å². The van der Waals surface area contributed by atoms with Crippen LogP contribution in [0.3, 0.4) is 0 Å². The molecule has 0 radical (unpaired) electrons. The van der Waals surface area contributed by atoms with E-state index in [0.717, 1.165) is 17.1 Å². The number of rotatable bonds is 4. The molecule has 1 heterocycles. The van der Waals surface area contributed by atoms with Crippen molar-refractivity contribution in [3.05, 3.63) is 53.3 Å². The Bertz CT molecular complexity index is 644. The number of aryl methyl sites for hydroxylation is 2. The van der Waals surface area contributed by atoms with Gasteiger partial charge in [0.2, 0.25) is 0 Å². The lowest BCUT2D eigenvalue weighted by Gasteiger charge is -2.25. The van der Waals surface area contributed by atoms with E-state index in [0.29, 0.717) is 12.1 Å². The van der Waals surface area contributed by atoms with E-state index in [9.17, 15) is 9.90 Å². The number of carbonyl (C=O) groups is 1. The van der Waals surface area contributed by atoms with Crippen molar-refractivity contribution in [3.8, 4) is 5.69 Å². The van der Waals surface area contributed by atoms with E-state index in [2.05, 4.69) is 30.5 Å². The van der Waals surface area contributed by atoms with Crippen molar-refractivity contribution in [1.29, 1.82) is 0 Å². The molecule has 1 aromatic heterocycles. The number of benzene rings is 1. The Morgan fingerprint density at radius 3 is 2.05 bits per heavy atom. The molecule has 22 heavy (non-hydrogen) atoms. The van der Waals surface area contributed by atoms with Crippen LogP contribution in [0.5, 0.6) is 0 Å². The van der Waals surface area contributed by atoms with Crippen LogP contribution in [0, 0.1) is 13.8 Å². The van der Waals surface area contributed by atoms with Gasteiger partial charge < -0.3 is 14.6 Å². The lowest BCUT2D eigenvalue weighted by molar-refractivity contribution is 0.0368. The Morgan fingerprint density at radius 2 is 1.59 bits per heavy atom. The Balaban J connectivity index is 2.21. The monoisotopic (exact) mass is 300 g/mol. The second-order valence-electron chi connectivity index (χ2n) is 6.47. The molecule has 0 aliphatic rings. The lowest BCUT2D eigenvalue weighted by atomic mass is 10.1. The number of amides is 1. The number of aliphatic hydroxyl groups is 1. The summed E-state index contributed by atoms with van der Waals surface area (Å²) in [6.07, 6.45) is 0. The maximum atomic E-state index is 12.4. The summed E-state index contributed by atoms with van der Waals surface area (Å²) in [4.78, 5) is 13.9. The number of likely N-dealkylation sites (N-methyl/N-ethyl adjacent to an activating group) is 1. The smallest absolute Gasteiger partial charge is 0.253 e. The Hall–Kier alpha value is -2.07. The number of aromatic nitrogens is 1. The number of nitrogens with zero attached hydrogens (tertiary/aromatic N) is 2. The molecule has 0 unspecified atom stereocenters. The van der Waals surface area contributed by atoms with E-state index >= 15 is 0 Å². The standard InChI is InChI=1S/C18H24N2O2/c1-13-6-7-14(2)20(13)16-10-8-15(9-11-16)17(21)19(5)12-18(3,4)22/h6-11,22H,12H2,1-5H3. The normalized spacial score (nSPS) is 11.5. The van der Waals surface area contributed by atoms with E-state index in [1.165, 1.54) is 0 Å². The molecule has 0 saturated carbocycles. The SMILES string of the molecule is Cc1ccc(C)n1-c1ccc(C(=O)N(C)CC(C)(C)O)cc1. The third kappa shape index (κ3) is 3.57. The minimum absolute atomic E-state index is 0.0883. The topological polar surface area (TPSA) is 45.5 Å². The molecular weight excluding hydrogens is 276 g/mol. The minimum Gasteiger partial charge on any atom is -0.389 e. The average molecular weight is 300 g/mol. The fraction of sp³-hybridized carbons (Fsp3) is 0.389. The van der Waals surface area contributed by atoms with E-state index in [-0.39, 0.29) is 5.91 Å². The Morgan fingerprint density at radius 1 is 1.09 bits per heavy atom. The second-order valence-corrected chi connectivity index (χ2v) is 6.47. The van der Waals surface area contributed by atoms with Crippen LogP contribution in [-0.2, 0) is 0 Å². The predicted molar refractivity (Wildman–Crippen MR) is 88.5 cm³/mol. The minimum atomic E-state index is -0.899. The third-order valence-electron chi connectivity index (χ3n) is 3.61. The maximum Gasteiger partial charge on any atom is 0.253 e. The van der Waals surface area contributed by atoms with Crippen LogP contribution in [-0.4, -0.2) is 39.7 Å². The summed E-state index contributed by atoms with van der Waals surface area (Å²) in [5.41, 5.74) is 3.09. The fourth-order valence-corrected chi connectivity index (χ4v) is 2.70. The molecule has 4 heteroatoms. The number of carbonyl (C=O) groups excluding carboxylic acids is 1. The van der Waals surface area contributed by atoms with Gasteiger partial charge in [-0.2, -0.15) is 0 Å². The maximum absolute atomic E-state index is 12.4. The summed E-state index contributed by atoms with van der Waals surface area (Å²) >= 11 is 0. The molecule has 0 fully saturated rings. The molecule has 1 aromatic carbocycles. The first kappa shape index (κ1) is 16.3. The van der Waals surface area contributed by atoms with Crippen molar-refractivity contribution in [2.75, 3.05) is 13.6 Å². The highest BCUT2D eigenvalue weighted by Crippen LogP contribution is 2.17. The molecule has 4 nitrogen and oxygen atoms in total. The van der Waals surface area contributed by atoms with E-state index < -0.39 is 5.60 Å². The van der Waals surface area contributed by atoms with Gasteiger partial charge in [0.1, 0.15) is 0 Å². The highest BCUT2D eigenvalue weighted by molar-refractivity contribution is 5.94. The summed E-state index contributed by atoms with van der Waals surface area (Å²) in [6, 6.07) is 11.7. The zero-order chi connectivity index (χ0) is 16.5. The molecule has 2 aromatic rings. The number of hydrogen-bond donors (Lipinski definition) is 1. The van der Waals surface area contributed by atoms with E-state index in [1.54, 1.807) is 25.8 Å². The van der Waals surface area contributed by atoms with Crippen LogP contribution in [0.25, 0.3) is 5.69 Å². The summed E-state index contributed by atoms with van der Waals surface area (Å²) in [7, 11) is 1.70. The van der Waals surface area contributed by atoms with Crippen LogP contribution in [0.15, 0.2) is 36.4 Å². The van der Waals surface area contributed by atoms with Gasteiger partial charge in [0.15, 0.2) is 0 Å². The molecule has 2 rings (SSSR count). The summed E-state index contributed by atoms with van der Waals surface area (Å²) in [5, 5.41) is 9.82. The van der Waals surface area contributed by atoms with Gasteiger partial charge >= 0.3 is 0 Å². The van der Waals surface area contributed by atoms with Crippen molar-refractivity contribution >= 4 is 5.91 Å². The van der Waals surface area contributed by atoms with Crippen LogP contribution >= 0.6 is 0 Å². The third-order valence-corrected chi connectivity index (χ3v) is 3.61. The first-order chi connectivity index (χ1) is 10.2. The van der Waals surface area contributed by atoms with Crippen LogP contribution in [0.2, 0.25) is 0 Å². The van der Waals surface area contributed by atoms with Crippen LogP contribution < -0.4 is 0 Å². The van der Waals surface area contributed by atoms with E-state index in [1.807, 2.05) is 24.3 Å². The van der Waals surface area contributed by atoms with Crippen molar-refractivity contribution in [1.82, 2.24) is 9.47 Å². The fourth-order valence-electron chi connectivity index (χ4n) is 2.70. The molecule has 118 valence electrons. The summed E-state index contributed by atoms with van der Waals surface area (Å²) in [6.45, 7) is 7.80. The van der Waals surface area contributed by atoms with Gasteiger partial charge in [0, 0.05) is 36.2 Å². The zero-order valence-electron chi connectivity index (χ0n) is 13.9. The van der Waals surface area contributed by atoms with Crippen molar-refractivity contribution < 1.29 is 9.90 Å². The van der Waals surface area contributed by atoms with Gasteiger partial charge in [0.25, 0.3) is 5.91 Å². The first-order valence-corrected chi connectivity index (χ1v) is 7.42. The number of hydrogen-bond acceptors (Lipinski definition) is 2. The van der Waals surface area contributed by atoms with Gasteiger partial charge in [-0.1, -0.05) is 0 Å². The predicted octanol–water partition coefficient (Wildman–Crippen LogP) is 2.94. The molecule has 0 spiro atoms. The molecule has 0 saturated heterocycles. The molecule has 0 aliphatic carbocycles. The first-order valence-electron chi connectivity index (χ1n) is 7.42. The Labute approximate surface area is 132 Å². The summed E-state index contributed by atoms with van der Waals surface area (Å²) < 4.78 is 2.15. The lowest BCUT2D eigenvalue weighted by Crippen LogP contribution is -2.39. The van der Waals surface area contributed by atoms with Gasteiger partial charge in [-0.05, 0) is 64.1 Å². The average Bonchev–Trinajstić information content (AvgIpc) is 2.76. The van der Waals surface area contributed by atoms with Crippen LogP contribution in [0.4, 0.5) is 0 Å². The molecule has 1 amide bonds. The highest BCUT2D eigenvalue weighted by Gasteiger charge is 2.20.